The Labute approximate surface area is 252 Å². The second-order valence-electron chi connectivity index (χ2n) is 12.4. The maximum atomic E-state index is 13.3. The van der Waals surface area contributed by atoms with Crippen molar-refractivity contribution in [2.45, 2.75) is 106 Å². The van der Waals surface area contributed by atoms with E-state index in [1.807, 2.05) is 46.8 Å². The Hall–Kier alpha value is -2.55. The molecule has 0 aromatic heterocycles. The topological polar surface area (TPSA) is 130 Å². The third-order valence-electron chi connectivity index (χ3n) is 8.44. The second-order valence-corrected chi connectivity index (χ2v) is 12.4. The molecule has 8 heteroatoms. The first-order valence-electron chi connectivity index (χ1n) is 15.1. The predicted molar refractivity (Wildman–Crippen MR) is 164 cm³/mol. The van der Waals surface area contributed by atoms with Crippen LogP contribution in [0.4, 0.5) is 0 Å². The van der Waals surface area contributed by atoms with Crippen molar-refractivity contribution in [1.29, 1.82) is 0 Å². The number of ether oxygens (including phenoxy) is 2. The predicted octanol–water partition coefficient (Wildman–Crippen LogP) is 4.97. The summed E-state index contributed by atoms with van der Waals surface area (Å²) in [5.41, 5.74) is 0.968. The van der Waals surface area contributed by atoms with E-state index in [0.717, 1.165) is 5.57 Å². The smallest absolute Gasteiger partial charge is 0.311 e. The molecular formula is C34H54O8. The average Bonchev–Trinajstić information content (AvgIpc) is 2.93. The summed E-state index contributed by atoms with van der Waals surface area (Å²) in [4.78, 5) is 37.0. The molecule has 1 aliphatic heterocycles. The van der Waals surface area contributed by atoms with Crippen molar-refractivity contribution in [2.24, 2.45) is 41.4 Å². The van der Waals surface area contributed by atoms with Gasteiger partial charge in [-0.15, -0.1) is 0 Å². The van der Waals surface area contributed by atoms with E-state index in [9.17, 15) is 29.7 Å². The Bertz CT molecular complexity index is 998. The maximum absolute atomic E-state index is 13.3. The summed E-state index contributed by atoms with van der Waals surface area (Å²) >= 11 is 0. The van der Waals surface area contributed by atoms with Gasteiger partial charge in [-0.05, 0) is 20.3 Å². The largest absolute Gasteiger partial charge is 0.462 e. The fourth-order valence-corrected chi connectivity index (χ4v) is 5.68. The van der Waals surface area contributed by atoms with Crippen molar-refractivity contribution in [3.63, 3.8) is 0 Å². The number of allylic oxidation sites excluding steroid dienone is 3. The number of hydrogen-bond acceptors (Lipinski definition) is 8. The van der Waals surface area contributed by atoms with Crippen molar-refractivity contribution in [3.8, 4) is 0 Å². The van der Waals surface area contributed by atoms with Crippen LogP contribution in [0, 0.1) is 41.4 Å². The number of esters is 2. The van der Waals surface area contributed by atoms with Crippen LogP contribution < -0.4 is 0 Å². The van der Waals surface area contributed by atoms with E-state index in [4.69, 9.17) is 9.47 Å². The van der Waals surface area contributed by atoms with Crippen LogP contribution in [0.15, 0.2) is 48.6 Å². The van der Waals surface area contributed by atoms with Crippen molar-refractivity contribution in [1.82, 2.24) is 0 Å². The van der Waals surface area contributed by atoms with Crippen LogP contribution in [0.5, 0.6) is 0 Å². The van der Waals surface area contributed by atoms with Gasteiger partial charge in [0.25, 0.3) is 0 Å². The number of rotatable bonds is 16. The molecule has 1 saturated heterocycles. The van der Waals surface area contributed by atoms with Crippen LogP contribution >= 0.6 is 0 Å². The van der Waals surface area contributed by atoms with Gasteiger partial charge in [0, 0.05) is 42.9 Å². The minimum Gasteiger partial charge on any atom is -0.462 e. The molecule has 0 amide bonds. The van der Waals surface area contributed by atoms with E-state index >= 15 is 0 Å². The molecule has 0 spiro atoms. The van der Waals surface area contributed by atoms with E-state index in [0.29, 0.717) is 6.42 Å². The van der Waals surface area contributed by atoms with Crippen molar-refractivity contribution in [3.05, 3.63) is 48.6 Å². The number of hydrogen-bond donors (Lipinski definition) is 3. The van der Waals surface area contributed by atoms with Crippen LogP contribution in [0.25, 0.3) is 0 Å². The molecule has 1 aliphatic rings. The number of aliphatic hydroxyl groups is 3. The molecule has 42 heavy (non-hydrogen) atoms. The SMILES string of the molecule is C=C/C=C\[C@H](C)[C@H](OC(C)=O)[C@H](C)C(=O)[C@@H](C)C/C(C)=C\[C@H](C)[C@@H](O)[C@@H](C)/C=C\[C@@H](O)C[C@@H]1OC(=O)[C@H](C)[C@@H](O)[C@H]1C. The van der Waals surface area contributed by atoms with E-state index in [2.05, 4.69) is 6.58 Å². The lowest BCUT2D eigenvalue weighted by molar-refractivity contribution is -0.179. The zero-order valence-electron chi connectivity index (χ0n) is 26.9. The zero-order valence-corrected chi connectivity index (χ0v) is 26.9. The van der Waals surface area contributed by atoms with Gasteiger partial charge in [0.2, 0.25) is 0 Å². The summed E-state index contributed by atoms with van der Waals surface area (Å²) in [5.74, 6) is -3.22. The van der Waals surface area contributed by atoms with Crippen LogP contribution in [-0.4, -0.2) is 63.6 Å². The molecule has 0 aromatic rings. The molecule has 1 rings (SSSR count). The van der Waals surface area contributed by atoms with E-state index in [-0.39, 0.29) is 41.8 Å². The monoisotopic (exact) mass is 590 g/mol. The molecule has 0 unspecified atom stereocenters. The van der Waals surface area contributed by atoms with Gasteiger partial charge in [0.15, 0.2) is 0 Å². The first-order valence-corrected chi connectivity index (χ1v) is 15.1. The number of ketones is 1. The zero-order chi connectivity index (χ0) is 32.3. The van der Waals surface area contributed by atoms with Gasteiger partial charge in [-0.25, -0.2) is 0 Å². The molecule has 8 nitrogen and oxygen atoms in total. The molecule has 0 saturated carbocycles. The quantitative estimate of drug-likeness (QED) is 0.130. The lowest BCUT2D eigenvalue weighted by atomic mass is 9.82. The number of carbonyl (C=O) groups is 3. The summed E-state index contributed by atoms with van der Waals surface area (Å²) in [6.07, 6.45) is 7.65. The molecule has 3 N–H and O–H groups in total. The van der Waals surface area contributed by atoms with Crippen LogP contribution in [-0.2, 0) is 23.9 Å². The Morgan fingerprint density at radius 1 is 1.00 bits per heavy atom. The minimum absolute atomic E-state index is 0.00582. The number of aliphatic hydroxyl groups excluding tert-OH is 3. The third-order valence-corrected chi connectivity index (χ3v) is 8.44. The Morgan fingerprint density at radius 3 is 2.19 bits per heavy atom. The number of Topliss-reactive ketones (excluding diaryl/α,β-unsaturated/α-hetero) is 1. The summed E-state index contributed by atoms with van der Waals surface area (Å²) in [6.45, 7) is 19.7. The fraction of sp³-hybridized carbons (Fsp3) is 0.676. The fourth-order valence-electron chi connectivity index (χ4n) is 5.68. The summed E-state index contributed by atoms with van der Waals surface area (Å²) in [7, 11) is 0. The molecule has 12 atom stereocenters. The highest BCUT2D eigenvalue weighted by Gasteiger charge is 2.41. The van der Waals surface area contributed by atoms with E-state index < -0.39 is 54.3 Å². The van der Waals surface area contributed by atoms with Crippen LogP contribution in [0.2, 0.25) is 0 Å². The Morgan fingerprint density at radius 2 is 1.62 bits per heavy atom. The first-order chi connectivity index (χ1) is 19.5. The van der Waals surface area contributed by atoms with Crippen molar-refractivity contribution < 1.29 is 39.2 Å². The van der Waals surface area contributed by atoms with E-state index in [1.54, 1.807) is 45.1 Å². The average molecular weight is 591 g/mol. The van der Waals surface area contributed by atoms with Gasteiger partial charge < -0.3 is 24.8 Å². The molecular weight excluding hydrogens is 536 g/mol. The molecule has 0 aromatic carbocycles. The molecule has 1 heterocycles. The highest BCUT2D eigenvalue weighted by molar-refractivity contribution is 5.84. The van der Waals surface area contributed by atoms with Crippen LogP contribution in [0.1, 0.15) is 75.2 Å². The highest BCUT2D eigenvalue weighted by Crippen LogP contribution is 2.30. The molecule has 0 bridgehead atoms. The number of carbonyl (C=O) groups excluding carboxylic acids is 3. The van der Waals surface area contributed by atoms with Gasteiger partial charge in [0.05, 0.1) is 30.1 Å². The normalized spacial score (nSPS) is 27.4. The van der Waals surface area contributed by atoms with Gasteiger partial charge in [0.1, 0.15) is 18.0 Å². The van der Waals surface area contributed by atoms with Gasteiger partial charge >= 0.3 is 11.9 Å². The summed E-state index contributed by atoms with van der Waals surface area (Å²) in [5, 5.41) is 31.7. The molecule has 0 aliphatic carbocycles. The highest BCUT2D eigenvalue weighted by atomic mass is 16.6. The molecule has 1 fully saturated rings. The Balaban J connectivity index is 2.77. The first kappa shape index (κ1) is 37.5. The third kappa shape index (κ3) is 11.3. The maximum Gasteiger partial charge on any atom is 0.311 e. The van der Waals surface area contributed by atoms with Crippen molar-refractivity contribution in [2.75, 3.05) is 0 Å². The minimum atomic E-state index is -0.896. The Kier molecular flexibility index (Phi) is 15.6. The lowest BCUT2D eigenvalue weighted by Gasteiger charge is -2.36. The molecule has 0 radical (unpaired) electrons. The van der Waals surface area contributed by atoms with Gasteiger partial charge in [-0.3, -0.25) is 14.4 Å². The second kappa shape index (κ2) is 17.5. The van der Waals surface area contributed by atoms with Gasteiger partial charge in [-0.1, -0.05) is 90.2 Å². The molecule has 238 valence electrons. The number of cyclic esters (lactones) is 1. The summed E-state index contributed by atoms with van der Waals surface area (Å²) < 4.78 is 10.9. The van der Waals surface area contributed by atoms with Crippen LogP contribution in [0.3, 0.4) is 0 Å². The lowest BCUT2D eigenvalue weighted by Crippen LogP contribution is -2.47. The standard InChI is InChI=1S/C34H54O8/c1-11-12-13-21(4)33(41-27(10)35)25(8)31(38)23(6)17-19(2)16-22(5)30(37)20(3)14-15-28(36)18-29-24(7)32(39)26(9)34(40)42-29/h11-16,20-26,28-30,32-33,36-37,39H,1,17-18H2,2-10H3/b13-12-,15-14-,19-16-/t20-,21-,22-,23-,24-,25+,26+,28+,29-,30-,32-,33-/m0/s1. The summed E-state index contributed by atoms with van der Waals surface area (Å²) in [6, 6.07) is 0. The van der Waals surface area contributed by atoms with Crippen molar-refractivity contribution >= 4 is 17.7 Å². The van der Waals surface area contributed by atoms with E-state index in [1.165, 1.54) is 6.92 Å². The van der Waals surface area contributed by atoms with Gasteiger partial charge in [-0.2, -0.15) is 0 Å².